The largest absolute Gasteiger partial charge is 0.504 e. The van der Waals surface area contributed by atoms with Crippen molar-refractivity contribution in [2.75, 3.05) is 13.7 Å². The molecule has 1 aromatic rings. The third kappa shape index (κ3) is 9.20. The number of methoxy groups -OCH3 is 1. The van der Waals surface area contributed by atoms with Gasteiger partial charge in [0.05, 0.1) is 24.5 Å². The number of phenolic OH excluding ortho intramolecular Hbond substituents is 1. The highest BCUT2D eigenvalue weighted by molar-refractivity contribution is 6.05. The fourth-order valence-corrected chi connectivity index (χ4v) is 11.4. The van der Waals surface area contributed by atoms with Crippen molar-refractivity contribution in [3.8, 4) is 11.5 Å². The van der Waals surface area contributed by atoms with Gasteiger partial charge in [0.2, 0.25) is 0 Å². The van der Waals surface area contributed by atoms with Gasteiger partial charge in [0.1, 0.15) is 18.3 Å². The Balaban J connectivity index is 1.48. The number of aromatic hydroxyl groups is 1. The number of hydrogen-bond donors (Lipinski definition) is 3. The molecule has 2 fully saturated rings. The first-order valence-electron chi connectivity index (χ1n) is 23.2. The normalized spacial score (nSPS) is 30.8. The molecule has 0 bridgehead atoms. The van der Waals surface area contributed by atoms with Gasteiger partial charge < -0.3 is 34.3 Å². The van der Waals surface area contributed by atoms with Crippen LogP contribution >= 0.6 is 0 Å². The highest BCUT2D eigenvalue weighted by Gasteiger charge is 2.89. The first-order chi connectivity index (χ1) is 28.9. The summed E-state index contributed by atoms with van der Waals surface area (Å²) in [6.45, 7) is 13.1. The second-order valence-corrected chi connectivity index (χ2v) is 19.3. The lowest BCUT2D eigenvalue weighted by atomic mass is 9.52. The number of Topliss-reactive ketones (excluding diaryl/α,β-unsaturated/α-hetero) is 1. The van der Waals surface area contributed by atoms with Crippen molar-refractivity contribution in [1.29, 1.82) is 0 Å². The highest BCUT2D eigenvalue weighted by atomic mass is 16.6. The number of ketones is 1. The van der Waals surface area contributed by atoms with E-state index >= 15 is 0 Å². The van der Waals surface area contributed by atoms with Crippen LogP contribution in [0.1, 0.15) is 163 Å². The summed E-state index contributed by atoms with van der Waals surface area (Å²) in [6.07, 6.45) is 16.9. The van der Waals surface area contributed by atoms with E-state index in [-0.39, 0.29) is 49.8 Å². The molecule has 0 saturated heterocycles. The van der Waals surface area contributed by atoms with E-state index in [4.69, 9.17) is 18.9 Å². The third-order valence-corrected chi connectivity index (χ3v) is 15.0. The number of esters is 3. The van der Waals surface area contributed by atoms with Gasteiger partial charge in [0, 0.05) is 42.4 Å². The smallest absolute Gasteiger partial charge is 0.310 e. The number of unbranched alkanes of at least 4 members (excludes halogenated alkanes) is 12. The summed E-state index contributed by atoms with van der Waals surface area (Å²) in [5.41, 5.74) is -6.43. The molecule has 11 heteroatoms. The molecule has 1 aromatic carbocycles. The van der Waals surface area contributed by atoms with Crippen LogP contribution < -0.4 is 4.74 Å². The topological polar surface area (TPSA) is 166 Å². The Labute approximate surface area is 364 Å². The van der Waals surface area contributed by atoms with E-state index in [0.717, 1.165) is 51.4 Å². The Hall–Kier alpha value is -3.70. The summed E-state index contributed by atoms with van der Waals surface area (Å²) >= 11 is 0. The fourth-order valence-electron chi connectivity index (χ4n) is 11.4. The maximum atomic E-state index is 14.1. The number of hydrogen-bond acceptors (Lipinski definition) is 11. The van der Waals surface area contributed by atoms with Gasteiger partial charge in [0.15, 0.2) is 22.9 Å². The van der Waals surface area contributed by atoms with E-state index in [2.05, 4.69) is 13.8 Å². The molecular weight excluding hydrogens is 777 g/mol. The minimum atomic E-state index is -2.13. The molecule has 0 heterocycles. The first kappa shape index (κ1) is 48.3. The van der Waals surface area contributed by atoms with E-state index in [1.54, 1.807) is 39.0 Å². The van der Waals surface area contributed by atoms with Crippen LogP contribution in [0.15, 0.2) is 41.5 Å². The van der Waals surface area contributed by atoms with Crippen LogP contribution in [-0.4, -0.2) is 75.6 Å². The summed E-state index contributed by atoms with van der Waals surface area (Å²) in [7, 11) is 1.42. The van der Waals surface area contributed by atoms with E-state index in [9.17, 15) is 34.5 Å². The van der Waals surface area contributed by atoms with Crippen LogP contribution in [-0.2, 0) is 39.8 Å². The lowest BCUT2D eigenvalue weighted by molar-refractivity contribution is -0.250. The van der Waals surface area contributed by atoms with Crippen molar-refractivity contribution < 1.29 is 53.4 Å². The lowest BCUT2D eigenvalue weighted by Crippen LogP contribution is -2.70. The molecule has 0 unspecified atom stereocenters. The maximum absolute atomic E-state index is 14.1. The quantitative estimate of drug-likeness (QED) is 0.0416. The number of ether oxygens (including phenoxy) is 4. The van der Waals surface area contributed by atoms with Gasteiger partial charge >= 0.3 is 17.9 Å². The number of aliphatic hydroxyl groups is 2. The Bertz CT molecular complexity index is 1810. The standard InChI is InChI=1S/C50H74O11/c1-9-11-13-15-17-19-21-23-40(52)60-45-34(4)49(57)37(43-46(5,6)50(43,45)61-41(53)24-22-20-18-16-14-12-10-2)27-36(31-48(56)44(55)33(3)30-47(48,49)7)32-59-42(54)29-35-25-26-38(51)39(28-35)58-8/h25-28,30,34,37,43,45,51,56-57H,9-24,29,31-32H2,1-8H3/t34-,37+,43-,45-,47-,48+,49-,50-/m1/s1. The SMILES string of the molecule is CCCCCCCCCC(=O)O[C@@H]1[C@@H](C)[C@@]2(O)[C@@H](C=C(COC(=O)Cc3ccc(O)c(OC)c3)C[C@]3(O)C(=O)C(C)=C[C@@]23C)[C@@H]2C(C)(C)[C@]12OC(=O)CCCCCCCCC. The van der Waals surface area contributed by atoms with Gasteiger partial charge in [-0.2, -0.15) is 0 Å². The van der Waals surface area contributed by atoms with Gasteiger partial charge in [-0.15, -0.1) is 0 Å². The van der Waals surface area contributed by atoms with E-state index in [1.165, 1.54) is 38.9 Å². The van der Waals surface area contributed by atoms with Crippen molar-refractivity contribution >= 4 is 23.7 Å². The van der Waals surface area contributed by atoms with Gasteiger partial charge in [-0.3, -0.25) is 19.2 Å². The molecule has 0 spiro atoms. The van der Waals surface area contributed by atoms with Gasteiger partial charge in [-0.1, -0.05) is 137 Å². The second kappa shape index (κ2) is 19.8. The first-order valence-corrected chi connectivity index (χ1v) is 23.2. The zero-order valence-electron chi connectivity index (χ0n) is 38.2. The number of carbonyl (C=O) groups is 4. The predicted octanol–water partition coefficient (Wildman–Crippen LogP) is 9.21. The average molecular weight is 851 g/mol. The van der Waals surface area contributed by atoms with E-state index in [0.29, 0.717) is 29.6 Å². The van der Waals surface area contributed by atoms with Crippen LogP contribution in [0, 0.1) is 28.6 Å². The van der Waals surface area contributed by atoms with Gasteiger partial charge in [-0.05, 0) is 48.6 Å². The molecule has 11 nitrogen and oxygen atoms in total. The zero-order valence-corrected chi connectivity index (χ0v) is 38.2. The van der Waals surface area contributed by atoms with Crippen LogP contribution in [0.2, 0.25) is 0 Å². The molecular formula is C50H74O11. The van der Waals surface area contributed by atoms with E-state index < -0.39 is 69.2 Å². The second-order valence-electron chi connectivity index (χ2n) is 19.3. The zero-order chi connectivity index (χ0) is 44.8. The minimum absolute atomic E-state index is 0.0633. The minimum Gasteiger partial charge on any atom is -0.504 e. The number of fused-ring (bicyclic) bond motifs is 5. The molecule has 0 amide bonds. The van der Waals surface area contributed by atoms with Gasteiger partial charge in [0.25, 0.3) is 0 Å². The summed E-state index contributed by atoms with van der Waals surface area (Å²) in [4.78, 5) is 55.2. The van der Waals surface area contributed by atoms with Crippen molar-refractivity contribution in [2.45, 2.75) is 187 Å². The molecule has 8 atom stereocenters. The average Bonchev–Trinajstić information content (AvgIpc) is 3.66. The summed E-state index contributed by atoms with van der Waals surface area (Å²) in [6, 6.07) is 4.57. The summed E-state index contributed by atoms with van der Waals surface area (Å²) < 4.78 is 24.1. The van der Waals surface area contributed by atoms with Crippen LogP contribution in [0.3, 0.4) is 0 Å². The molecule has 4 aliphatic carbocycles. The number of rotatable bonds is 23. The molecule has 61 heavy (non-hydrogen) atoms. The fraction of sp³-hybridized carbons (Fsp3) is 0.720. The highest BCUT2D eigenvalue weighted by Crippen LogP contribution is 2.78. The number of phenols is 1. The predicted molar refractivity (Wildman–Crippen MR) is 233 cm³/mol. The van der Waals surface area contributed by atoms with Crippen LogP contribution in [0.4, 0.5) is 0 Å². The molecule has 4 aliphatic rings. The summed E-state index contributed by atoms with van der Waals surface area (Å²) in [5.74, 6) is -4.12. The third-order valence-electron chi connectivity index (χ3n) is 15.0. The number of carbonyl (C=O) groups excluding carboxylic acids is 4. The van der Waals surface area contributed by atoms with E-state index in [1.807, 2.05) is 19.9 Å². The molecule has 0 radical (unpaired) electrons. The maximum Gasteiger partial charge on any atom is 0.310 e. The molecule has 3 N–H and O–H groups in total. The number of benzene rings is 1. The Morgan fingerprint density at radius 1 is 0.820 bits per heavy atom. The van der Waals surface area contributed by atoms with Gasteiger partial charge in [-0.25, -0.2) is 0 Å². The van der Waals surface area contributed by atoms with Crippen LogP contribution in [0.5, 0.6) is 11.5 Å². The monoisotopic (exact) mass is 851 g/mol. The Morgan fingerprint density at radius 2 is 1.39 bits per heavy atom. The van der Waals surface area contributed by atoms with Crippen molar-refractivity contribution in [1.82, 2.24) is 0 Å². The Kier molecular flexibility index (Phi) is 15.7. The van der Waals surface area contributed by atoms with Crippen LogP contribution in [0.25, 0.3) is 0 Å². The lowest BCUT2D eigenvalue weighted by Gasteiger charge is -2.58. The molecule has 340 valence electrons. The van der Waals surface area contributed by atoms with Crippen molar-refractivity contribution in [3.63, 3.8) is 0 Å². The summed E-state index contributed by atoms with van der Waals surface area (Å²) in [5, 5.41) is 36.3. The van der Waals surface area contributed by atoms with Crippen molar-refractivity contribution in [2.24, 2.45) is 28.6 Å². The molecule has 2 saturated carbocycles. The molecule has 0 aliphatic heterocycles. The van der Waals surface area contributed by atoms with Crippen molar-refractivity contribution in [3.05, 3.63) is 47.1 Å². The molecule has 5 rings (SSSR count). The Morgan fingerprint density at radius 3 is 1.98 bits per heavy atom. The molecule has 0 aromatic heterocycles.